The molecule has 2 aliphatic rings. The highest BCUT2D eigenvalue weighted by atomic mass is 16.6. The predicted octanol–water partition coefficient (Wildman–Crippen LogP) is 2.23. The molecular formula is C18H30N6O2. The van der Waals surface area contributed by atoms with Crippen molar-refractivity contribution in [1.29, 1.82) is 0 Å². The first kappa shape index (κ1) is 18.5. The molecule has 1 saturated heterocycles. The van der Waals surface area contributed by atoms with E-state index in [1.165, 1.54) is 19.3 Å². The average Bonchev–Trinajstić information content (AvgIpc) is 2.41. The van der Waals surface area contributed by atoms with Crippen LogP contribution in [0, 0.1) is 11.8 Å². The molecule has 26 heavy (non-hydrogen) atoms. The topological polar surface area (TPSA) is 105 Å². The van der Waals surface area contributed by atoms with Crippen molar-refractivity contribution < 1.29 is 9.53 Å². The van der Waals surface area contributed by atoms with Crippen LogP contribution in [0.4, 0.5) is 22.4 Å². The van der Waals surface area contributed by atoms with Gasteiger partial charge in [-0.1, -0.05) is 6.42 Å². The molecule has 3 rings (SSSR count). The summed E-state index contributed by atoms with van der Waals surface area (Å²) in [6.45, 7) is 8.76. The number of nitrogens with two attached hydrogens (primary N) is 1. The maximum atomic E-state index is 11.7. The zero-order valence-electron chi connectivity index (χ0n) is 15.9. The molecule has 1 aliphatic heterocycles. The zero-order chi connectivity index (χ0) is 18.7. The van der Waals surface area contributed by atoms with Crippen LogP contribution in [-0.4, -0.2) is 47.8 Å². The number of hydrogen-bond acceptors (Lipinski definition) is 7. The molecule has 1 aromatic rings. The number of hydrogen-bond donors (Lipinski definition) is 3. The van der Waals surface area contributed by atoms with Crippen LogP contribution in [0.15, 0.2) is 6.07 Å². The number of carbonyl (C=O) groups excluding carboxylic acids is 1. The van der Waals surface area contributed by atoms with Gasteiger partial charge in [0.25, 0.3) is 0 Å². The van der Waals surface area contributed by atoms with Gasteiger partial charge in [-0.15, -0.1) is 0 Å². The van der Waals surface area contributed by atoms with Gasteiger partial charge in [0.05, 0.1) is 0 Å². The molecule has 1 amide bonds. The molecule has 1 saturated carbocycles. The van der Waals surface area contributed by atoms with Crippen molar-refractivity contribution >= 4 is 23.7 Å². The molecule has 2 heterocycles. The predicted molar refractivity (Wildman–Crippen MR) is 102 cm³/mol. The van der Waals surface area contributed by atoms with E-state index in [9.17, 15) is 4.79 Å². The number of nitrogens with one attached hydrogen (secondary N) is 2. The van der Waals surface area contributed by atoms with E-state index in [-0.39, 0.29) is 12.0 Å². The maximum absolute atomic E-state index is 11.7. The zero-order valence-corrected chi connectivity index (χ0v) is 15.9. The quantitative estimate of drug-likeness (QED) is 0.712. The van der Waals surface area contributed by atoms with Gasteiger partial charge in [0, 0.05) is 38.2 Å². The Kier molecular flexibility index (Phi) is 5.38. The summed E-state index contributed by atoms with van der Waals surface area (Å²) >= 11 is 0. The van der Waals surface area contributed by atoms with Crippen LogP contribution in [0.2, 0.25) is 0 Å². The van der Waals surface area contributed by atoms with E-state index in [2.05, 4.69) is 25.5 Å². The normalized spacial score (nSPS) is 18.0. The van der Waals surface area contributed by atoms with Gasteiger partial charge in [-0.3, -0.25) is 0 Å². The summed E-state index contributed by atoms with van der Waals surface area (Å²) in [6, 6.07) is 1.95. The van der Waals surface area contributed by atoms with E-state index in [4.69, 9.17) is 10.5 Å². The van der Waals surface area contributed by atoms with Gasteiger partial charge in [-0.05, 0) is 39.5 Å². The molecule has 1 aliphatic carbocycles. The first-order valence-corrected chi connectivity index (χ1v) is 9.39. The number of anilines is 3. The van der Waals surface area contributed by atoms with Gasteiger partial charge < -0.3 is 26.0 Å². The third-order valence-corrected chi connectivity index (χ3v) is 4.74. The number of aromatic nitrogens is 2. The number of nitrogens with zero attached hydrogens (tertiary/aromatic N) is 3. The largest absolute Gasteiger partial charge is 0.444 e. The van der Waals surface area contributed by atoms with Crippen LogP contribution >= 0.6 is 0 Å². The van der Waals surface area contributed by atoms with E-state index >= 15 is 0 Å². The van der Waals surface area contributed by atoms with Crippen molar-refractivity contribution in [1.82, 2.24) is 15.3 Å². The minimum atomic E-state index is -0.475. The van der Waals surface area contributed by atoms with Crippen LogP contribution in [-0.2, 0) is 4.74 Å². The number of amides is 1. The van der Waals surface area contributed by atoms with Crippen LogP contribution in [0.1, 0.15) is 40.0 Å². The van der Waals surface area contributed by atoms with Gasteiger partial charge in [0.1, 0.15) is 17.2 Å². The highest BCUT2D eigenvalue weighted by Gasteiger charge is 2.29. The Morgan fingerprint density at radius 1 is 1.27 bits per heavy atom. The number of rotatable bonds is 6. The Balaban J connectivity index is 1.44. The maximum Gasteiger partial charge on any atom is 0.407 e. The van der Waals surface area contributed by atoms with Crippen molar-refractivity contribution in [3.8, 4) is 0 Å². The lowest BCUT2D eigenvalue weighted by atomic mass is 9.85. The second kappa shape index (κ2) is 7.55. The summed E-state index contributed by atoms with van der Waals surface area (Å²) in [5, 5.41) is 6.20. The van der Waals surface area contributed by atoms with Crippen molar-refractivity contribution in [2.75, 3.05) is 42.1 Å². The van der Waals surface area contributed by atoms with Crippen molar-refractivity contribution in [2.45, 2.75) is 45.6 Å². The van der Waals surface area contributed by atoms with E-state index in [0.29, 0.717) is 12.5 Å². The summed E-state index contributed by atoms with van der Waals surface area (Å²) in [6.07, 6.45) is 3.54. The fraction of sp³-hybridized carbons (Fsp3) is 0.722. The van der Waals surface area contributed by atoms with Crippen LogP contribution in [0.5, 0.6) is 0 Å². The molecule has 8 heteroatoms. The average molecular weight is 362 g/mol. The number of nitrogen functional groups attached to an aromatic ring is 1. The third-order valence-electron chi connectivity index (χ3n) is 4.74. The molecule has 8 nitrogen and oxygen atoms in total. The molecule has 0 aromatic carbocycles. The van der Waals surface area contributed by atoms with Crippen LogP contribution in [0.25, 0.3) is 0 Å². The smallest absolute Gasteiger partial charge is 0.407 e. The monoisotopic (exact) mass is 362 g/mol. The van der Waals surface area contributed by atoms with Crippen LogP contribution < -0.4 is 21.3 Å². The Bertz CT molecular complexity index is 635. The summed E-state index contributed by atoms with van der Waals surface area (Å²) in [4.78, 5) is 22.5. The Labute approximate surface area is 154 Å². The molecule has 4 N–H and O–H groups in total. The van der Waals surface area contributed by atoms with Crippen molar-refractivity contribution in [2.24, 2.45) is 11.8 Å². The molecule has 0 atom stereocenters. The lowest BCUT2D eigenvalue weighted by Gasteiger charge is -2.40. The third kappa shape index (κ3) is 5.12. The van der Waals surface area contributed by atoms with Gasteiger partial charge in [-0.2, -0.15) is 9.97 Å². The number of carbonyl (C=O) groups is 1. The lowest BCUT2D eigenvalue weighted by Crippen LogP contribution is -2.52. The second-order valence-electron chi connectivity index (χ2n) is 8.30. The summed E-state index contributed by atoms with van der Waals surface area (Å²) < 4.78 is 5.25. The first-order chi connectivity index (χ1) is 12.3. The molecule has 0 bridgehead atoms. The number of alkyl carbamates (subject to hydrolysis) is 1. The fourth-order valence-corrected chi connectivity index (χ4v) is 3.08. The minimum Gasteiger partial charge on any atom is -0.444 e. The van der Waals surface area contributed by atoms with Gasteiger partial charge in [-0.25, -0.2) is 4.79 Å². The molecule has 1 aromatic heterocycles. The van der Waals surface area contributed by atoms with E-state index in [0.717, 1.165) is 37.2 Å². The highest BCUT2D eigenvalue weighted by Crippen LogP contribution is 2.28. The van der Waals surface area contributed by atoms with Gasteiger partial charge >= 0.3 is 6.09 Å². The molecular weight excluding hydrogens is 332 g/mol. The first-order valence-electron chi connectivity index (χ1n) is 9.39. The molecule has 0 spiro atoms. The number of ether oxygens (including phenoxy) is 1. The van der Waals surface area contributed by atoms with Gasteiger partial charge in [0.15, 0.2) is 0 Å². The van der Waals surface area contributed by atoms with Crippen LogP contribution in [0.3, 0.4) is 0 Å². The Morgan fingerprint density at radius 2 is 2.00 bits per heavy atom. The standard InChI is InChI=1S/C18H30N6O2/c1-18(2,3)26-17(25)21-9-13-10-24(11-13)15-7-14(22-16(19)23-15)20-8-12-5-4-6-12/h7,12-13H,4-6,8-11H2,1-3H3,(H,21,25)(H3,19,20,22,23). The molecule has 2 fully saturated rings. The fourth-order valence-electron chi connectivity index (χ4n) is 3.08. The molecule has 0 radical (unpaired) electrons. The van der Waals surface area contributed by atoms with E-state index < -0.39 is 5.60 Å². The second-order valence-corrected chi connectivity index (χ2v) is 8.30. The lowest BCUT2D eigenvalue weighted by molar-refractivity contribution is 0.0516. The van der Waals surface area contributed by atoms with Crippen molar-refractivity contribution in [3.63, 3.8) is 0 Å². The van der Waals surface area contributed by atoms with Gasteiger partial charge in [0.2, 0.25) is 5.95 Å². The summed E-state index contributed by atoms with van der Waals surface area (Å²) in [5.74, 6) is 3.04. The molecule has 144 valence electrons. The Morgan fingerprint density at radius 3 is 2.62 bits per heavy atom. The molecule has 0 unspecified atom stereocenters. The van der Waals surface area contributed by atoms with E-state index in [1.54, 1.807) is 0 Å². The SMILES string of the molecule is CC(C)(C)OC(=O)NCC1CN(c2cc(NCC3CCC3)nc(N)n2)C1. The minimum absolute atomic E-state index is 0.286. The summed E-state index contributed by atoms with van der Waals surface area (Å²) in [5.41, 5.74) is 5.38. The Hall–Kier alpha value is -2.25. The van der Waals surface area contributed by atoms with Crippen molar-refractivity contribution in [3.05, 3.63) is 6.07 Å². The van der Waals surface area contributed by atoms with E-state index in [1.807, 2.05) is 26.8 Å². The summed E-state index contributed by atoms with van der Waals surface area (Å²) in [7, 11) is 0. The highest BCUT2D eigenvalue weighted by molar-refractivity contribution is 5.67.